The predicted octanol–water partition coefficient (Wildman–Crippen LogP) is 9.07. The van der Waals surface area contributed by atoms with Crippen molar-refractivity contribution in [3.05, 3.63) is 95.8 Å². The summed E-state index contributed by atoms with van der Waals surface area (Å²) in [5.41, 5.74) is 12.7. The number of rotatable bonds is 10. The molecule has 2 aliphatic heterocycles. The SMILES string of the molecule is COc1cc(-c2[nH]c3ccc(C4CCN(C(=O)BC(=O)N5CCC(c6ccc7[nH]c(-c8cc(OC)c9ncnn9c8)c(C(C)C)c7c6)CC5)CC4)cc3c2C(C)C)cn2ncnc12. The number of aromatic nitrogens is 8. The quantitative estimate of drug-likeness (QED) is 0.130. The molecule has 15 heteroatoms. The lowest BCUT2D eigenvalue weighted by Crippen LogP contribution is -2.47. The van der Waals surface area contributed by atoms with Gasteiger partial charge in [0, 0.05) is 71.5 Å². The van der Waals surface area contributed by atoms with Crippen molar-refractivity contribution in [2.45, 2.75) is 77.0 Å². The molecule has 0 unspecified atom stereocenters. The summed E-state index contributed by atoms with van der Waals surface area (Å²) >= 11 is 0. The number of hydrogen-bond donors (Lipinski definition) is 2. The number of carbonyl (C=O) groups excluding carboxylic acids is 2. The molecule has 2 N–H and O–H groups in total. The molecule has 0 aliphatic carbocycles. The van der Waals surface area contributed by atoms with Crippen LogP contribution in [0, 0.1) is 0 Å². The van der Waals surface area contributed by atoms with Crippen LogP contribution in [0.3, 0.4) is 0 Å². The summed E-state index contributed by atoms with van der Waals surface area (Å²) in [6, 6.07) is 17.5. The number of methoxy groups -OCH3 is 2. The second-order valence-corrected chi connectivity index (χ2v) is 17.9. The first-order valence-corrected chi connectivity index (χ1v) is 22.2. The number of amides is 2. The number of aromatic amines is 2. The van der Waals surface area contributed by atoms with Crippen LogP contribution in [0.5, 0.6) is 11.5 Å². The van der Waals surface area contributed by atoms with Crippen molar-refractivity contribution in [2.24, 2.45) is 0 Å². The maximum absolute atomic E-state index is 13.6. The van der Waals surface area contributed by atoms with E-state index in [1.807, 2.05) is 34.3 Å². The van der Waals surface area contributed by atoms with Crippen molar-refractivity contribution < 1.29 is 19.1 Å². The van der Waals surface area contributed by atoms with Crippen molar-refractivity contribution in [3.63, 3.8) is 0 Å². The van der Waals surface area contributed by atoms with Crippen LogP contribution >= 0.6 is 0 Å². The molecule has 0 spiro atoms. The van der Waals surface area contributed by atoms with Gasteiger partial charge in [-0.2, -0.15) is 10.2 Å². The number of likely N-dealkylation sites (tertiary alicyclic amines) is 2. The van der Waals surface area contributed by atoms with Crippen LogP contribution in [0.1, 0.15) is 99.3 Å². The summed E-state index contributed by atoms with van der Waals surface area (Å²) in [4.78, 5) is 47.0. The van der Waals surface area contributed by atoms with Gasteiger partial charge in [0.1, 0.15) is 12.7 Å². The van der Waals surface area contributed by atoms with E-state index in [9.17, 15) is 9.59 Å². The zero-order valence-electron chi connectivity index (χ0n) is 36.8. The number of hydrogen-bond acceptors (Lipinski definition) is 8. The molecular weight excluding hydrogens is 791 g/mol. The van der Waals surface area contributed by atoms with E-state index < -0.39 is 0 Å². The van der Waals surface area contributed by atoms with E-state index in [0.717, 1.165) is 59.2 Å². The Balaban J connectivity index is 0.771. The number of nitrogens with zero attached hydrogens (tertiary/aromatic N) is 8. The maximum Gasteiger partial charge on any atom is 0.341 e. The first kappa shape index (κ1) is 40.4. The number of nitrogens with one attached hydrogen (secondary N) is 2. The molecule has 2 aliphatic rings. The molecule has 0 atom stereocenters. The lowest BCUT2D eigenvalue weighted by atomic mass is 9.73. The second kappa shape index (κ2) is 16.2. The van der Waals surface area contributed by atoms with Crippen LogP contribution in [0.4, 0.5) is 9.59 Å². The van der Waals surface area contributed by atoms with Crippen molar-refractivity contribution in [1.82, 2.24) is 49.0 Å². The summed E-state index contributed by atoms with van der Waals surface area (Å²) in [6.45, 7) is 11.5. The van der Waals surface area contributed by atoms with Gasteiger partial charge in [0.05, 0.1) is 25.6 Å². The molecule has 0 radical (unpaired) electrons. The van der Waals surface area contributed by atoms with E-state index in [-0.39, 0.29) is 30.7 Å². The summed E-state index contributed by atoms with van der Waals surface area (Å²) in [7, 11) is 3.24. The predicted molar refractivity (Wildman–Crippen MR) is 247 cm³/mol. The lowest BCUT2D eigenvalue weighted by molar-refractivity contribution is 0.197. The lowest BCUT2D eigenvalue weighted by Gasteiger charge is -2.34. The Bertz CT molecular complexity index is 2820. The summed E-state index contributed by atoms with van der Waals surface area (Å²) in [5.74, 6) is 2.41. The third-order valence-corrected chi connectivity index (χ3v) is 13.5. The van der Waals surface area contributed by atoms with Crippen LogP contribution < -0.4 is 9.47 Å². The largest absolute Gasteiger partial charge is 0.493 e. The molecule has 0 saturated carbocycles. The first-order chi connectivity index (χ1) is 30.6. The molecule has 2 aromatic carbocycles. The number of piperidine rings is 2. The topological polar surface area (TPSA) is 151 Å². The van der Waals surface area contributed by atoms with Crippen molar-refractivity contribution in [1.29, 1.82) is 0 Å². The van der Waals surface area contributed by atoms with Gasteiger partial charge in [-0.1, -0.05) is 39.8 Å². The van der Waals surface area contributed by atoms with Gasteiger partial charge in [0.25, 0.3) is 0 Å². The van der Waals surface area contributed by atoms with Crippen LogP contribution in [0.2, 0.25) is 0 Å². The average Bonchev–Trinajstić information content (AvgIpc) is 4.12. The van der Waals surface area contributed by atoms with Crippen molar-refractivity contribution in [3.8, 4) is 34.0 Å². The number of ether oxygens (including phenoxy) is 2. The Labute approximate surface area is 366 Å². The number of fused-ring (bicyclic) bond motifs is 4. The third-order valence-electron chi connectivity index (χ3n) is 13.5. The Morgan fingerprint density at radius 3 is 1.43 bits per heavy atom. The van der Waals surface area contributed by atoms with E-state index in [1.54, 1.807) is 23.3 Å². The van der Waals surface area contributed by atoms with Gasteiger partial charge in [0.15, 0.2) is 34.4 Å². The standard InChI is InChI=1S/C48H53BN10O4/c1-27(2)41-35-19-31(7-9-37(35)54-43(41)33-21-39(62-5)45-50-25-52-58(45)23-33)29-11-15-56(16-12-29)47(60)49-48(61)57-17-13-30(14-18-57)32-8-10-38-36(20-32)42(28(3)4)44(55-38)34-22-40(63-6)46-51-26-53-59(46)24-34/h7-10,19-30,49,54-55H,11-18H2,1-6H3. The highest BCUT2D eigenvalue weighted by atomic mass is 16.5. The zero-order valence-corrected chi connectivity index (χ0v) is 36.8. The minimum atomic E-state index is -0.0721. The number of H-pyrrole nitrogens is 2. The van der Waals surface area contributed by atoms with Crippen LogP contribution in [0.25, 0.3) is 55.6 Å². The van der Waals surface area contributed by atoms with Crippen LogP contribution in [0.15, 0.2) is 73.6 Å². The third kappa shape index (κ3) is 7.26. The average molecular weight is 845 g/mol. The van der Waals surface area contributed by atoms with Gasteiger partial charge in [0.2, 0.25) is 0 Å². The van der Waals surface area contributed by atoms with E-state index in [4.69, 9.17) is 9.47 Å². The maximum atomic E-state index is 13.6. The fourth-order valence-electron chi connectivity index (χ4n) is 10.3. The van der Waals surface area contributed by atoms with Crippen LogP contribution in [-0.4, -0.2) is 108 Å². The normalized spacial score (nSPS) is 15.5. The molecule has 2 fully saturated rings. The van der Waals surface area contributed by atoms with E-state index in [1.165, 1.54) is 45.7 Å². The van der Waals surface area contributed by atoms with Crippen molar-refractivity contribution in [2.75, 3.05) is 40.4 Å². The highest BCUT2D eigenvalue weighted by molar-refractivity contribution is 6.96. The Kier molecular flexibility index (Phi) is 10.4. The number of pyridine rings is 2. The molecule has 14 nitrogen and oxygen atoms in total. The molecule has 2 amide bonds. The number of benzene rings is 2. The van der Waals surface area contributed by atoms with Gasteiger partial charge in [-0.05, 0) is 108 Å². The smallest absolute Gasteiger partial charge is 0.341 e. The summed E-state index contributed by atoms with van der Waals surface area (Å²) < 4.78 is 14.8. The Morgan fingerprint density at radius 2 is 1.05 bits per heavy atom. The highest BCUT2D eigenvalue weighted by Crippen LogP contribution is 2.41. The Morgan fingerprint density at radius 1 is 0.635 bits per heavy atom. The molecule has 63 heavy (non-hydrogen) atoms. The van der Waals surface area contributed by atoms with Crippen LogP contribution in [-0.2, 0) is 0 Å². The molecule has 2 saturated heterocycles. The van der Waals surface area contributed by atoms with Gasteiger partial charge in [-0.25, -0.2) is 19.0 Å². The fourth-order valence-corrected chi connectivity index (χ4v) is 10.3. The first-order valence-electron chi connectivity index (χ1n) is 22.2. The van der Waals surface area contributed by atoms with E-state index >= 15 is 0 Å². The minimum Gasteiger partial charge on any atom is -0.493 e. The van der Waals surface area contributed by atoms with Gasteiger partial charge < -0.3 is 29.2 Å². The van der Waals surface area contributed by atoms with Crippen molar-refractivity contribution >= 4 is 52.0 Å². The molecule has 8 aromatic rings. The van der Waals surface area contributed by atoms with E-state index in [0.29, 0.717) is 60.8 Å². The molecular formula is C48H53BN10O4. The monoisotopic (exact) mass is 844 g/mol. The van der Waals surface area contributed by atoms with Gasteiger partial charge in [-0.15, -0.1) is 0 Å². The highest BCUT2D eigenvalue weighted by Gasteiger charge is 2.31. The van der Waals surface area contributed by atoms with Gasteiger partial charge >= 0.3 is 7.28 Å². The van der Waals surface area contributed by atoms with Gasteiger partial charge in [-0.3, -0.25) is 9.59 Å². The summed E-state index contributed by atoms with van der Waals surface area (Å²) in [5, 5.41) is 11.2. The molecule has 8 heterocycles. The Hall–Kier alpha value is -6.64. The second-order valence-electron chi connectivity index (χ2n) is 17.9. The fraction of sp³-hybridized carbons (Fsp3) is 0.375. The van der Waals surface area contributed by atoms with E-state index in [2.05, 4.69) is 94.2 Å². The summed E-state index contributed by atoms with van der Waals surface area (Å²) in [6.07, 6.45) is 10.5. The molecule has 322 valence electrons. The minimum absolute atomic E-state index is 0.0660. The molecule has 0 bridgehead atoms. The number of carbonyl (C=O) groups is 2. The molecule has 10 rings (SSSR count). The zero-order chi connectivity index (χ0) is 43.5. The molecule has 6 aromatic heterocycles.